The maximum absolute atomic E-state index is 6.37. The van der Waals surface area contributed by atoms with E-state index in [2.05, 4.69) is 17.1 Å². The zero-order valence-electron chi connectivity index (χ0n) is 15.6. The summed E-state index contributed by atoms with van der Waals surface area (Å²) in [6.07, 6.45) is 6.33. The third-order valence-electron chi connectivity index (χ3n) is 6.24. The third kappa shape index (κ3) is 3.26. The van der Waals surface area contributed by atoms with E-state index in [1.54, 1.807) is 0 Å². The van der Waals surface area contributed by atoms with Crippen LogP contribution in [0.2, 0.25) is 0 Å². The number of nitrogens with two attached hydrogens (primary N) is 2. The summed E-state index contributed by atoms with van der Waals surface area (Å²) in [4.78, 5) is 13.3. The predicted octanol–water partition coefficient (Wildman–Crippen LogP) is 3.02. The number of aromatic nitrogens is 3. The number of para-hydroxylation sites is 2. The highest BCUT2D eigenvalue weighted by Crippen LogP contribution is 2.41. The molecule has 0 aliphatic heterocycles. The van der Waals surface area contributed by atoms with Gasteiger partial charge in [-0.1, -0.05) is 18.2 Å². The second kappa shape index (κ2) is 6.73. The summed E-state index contributed by atoms with van der Waals surface area (Å²) in [5, 5.41) is 0. The van der Waals surface area contributed by atoms with Gasteiger partial charge >= 0.3 is 0 Å². The zero-order chi connectivity index (χ0) is 18.4. The van der Waals surface area contributed by atoms with Gasteiger partial charge in [0.1, 0.15) is 5.82 Å². The van der Waals surface area contributed by atoms with E-state index < -0.39 is 0 Å². The number of aromatic amines is 1. The first-order valence-corrected chi connectivity index (χ1v) is 10.1. The summed E-state index contributed by atoms with van der Waals surface area (Å²) >= 11 is 0. The van der Waals surface area contributed by atoms with Crippen LogP contribution in [0, 0.1) is 11.8 Å². The summed E-state index contributed by atoms with van der Waals surface area (Å²) in [6.45, 7) is 0.798. The quantitative estimate of drug-likeness (QED) is 0.651. The average Bonchev–Trinajstić information content (AvgIpc) is 3.30. The van der Waals surface area contributed by atoms with E-state index in [1.807, 2.05) is 18.2 Å². The lowest BCUT2D eigenvalue weighted by molar-refractivity contribution is 0.549. The lowest BCUT2D eigenvalue weighted by atomic mass is 9.89. The Morgan fingerprint density at radius 3 is 2.85 bits per heavy atom. The van der Waals surface area contributed by atoms with Gasteiger partial charge in [-0.2, -0.15) is 0 Å². The molecule has 2 aliphatic rings. The van der Waals surface area contributed by atoms with Crippen LogP contribution in [0.5, 0.6) is 0 Å². The first-order valence-electron chi connectivity index (χ1n) is 10.1. The van der Waals surface area contributed by atoms with Gasteiger partial charge < -0.3 is 16.5 Å². The molecule has 1 fully saturated rings. The van der Waals surface area contributed by atoms with Gasteiger partial charge in [-0.05, 0) is 73.7 Å². The number of aryl methyl sites for hydroxylation is 1. The van der Waals surface area contributed by atoms with Crippen molar-refractivity contribution in [1.82, 2.24) is 15.0 Å². The number of fused-ring (bicyclic) bond motifs is 2. The molecule has 5 rings (SSSR count). The summed E-state index contributed by atoms with van der Waals surface area (Å²) < 4.78 is 0. The minimum absolute atomic E-state index is 0.0648. The molecule has 2 aliphatic carbocycles. The van der Waals surface area contributed by atoms with Crippen molar-refractivity contribution >= 4 is 11.0 Å². The Balaban J connectivity index is 1.50. The maximum atomic E-state index is 6.37. The van der Waals surface area contributed by atoms with Crippen molar-refractivity contribution in [2.24, 2.45) is 23.3 Å². The number of hydrogen-bond donors (Lipinski definition) is 3. The fraction of sp³-hybridized carbons (Fsp3) is 0.455. The van der Waals surface area contributed by atoms with E-state index in [9.17, 15) is 0 Å². The molecule has 2 heterocycles. The molecule has 0 bridgehead atoms. The Morgan fingerprint density at radius 1 is 1.15 bits per heavy atom. The van der Waals surface area contributed by atoms with Crippen molar-refractivity contribution in [3.63, 3.8) is 0 Å². The molecule has 3 aromatic rings. The van der Waals surface area contributed by atoms with E-state index in [0.717, 1.165) is 66.9 Å². The highest BCUT2D eigenvalue weighted by atomic mass is 14.9. The fourth-order valence-corrected chi connectivity index (χ4v) is 4.54. The highest BCUT2D eigenvalue weighted by Gasteiger charge is 2.36. The highest BCUT2D eigenvalue weighted by molar-refractivity contribution is 5.74. The summed E-state index contributed by atoms with van der Waals surface area (Å²) in [5.74, 6) is 2.37. The minimum Gasteiger partial charge on any atom is -0.342 e. The molecule has 0 saturated heterocycles. The van der Waals surface area contributed by atoms with Gasteiger partial charge in [-0.15, -0.1) is 0 Å². The Hall–Kier alpha value is -2.24. The molecule has 5 heteroatoms. The van der Waals surface area contributed by atoms with Gasteiger partial charge in [0, 0.05) is 12.5 Å². The predicted molar refractivity (Wildman–Crippen MR) is 107 cm³/mol. The molecule has 1 saturated carbocycles. The molecule has 0 spiro atoms. The SMILES string of the molecule is NC[C@H]1C[C@H]1Cc1cc2c(nc1Cc1nc3ccccc3[nH]1)[C@@H](N)CCC2. The van der Waals surface area contributed by atoms with Crippen LogP contribution in [0.3, 0.4) is 0 Å². The Morgan fingerprint density at radius 2 is 2.04 bits per heavy atom. The smallest absolute Gasteiger partial charge is 0.113 e. The number of nitrogens with one attached hydrogen (secondary N) is 1. The van der Waals surface area contributed by atoms with Crippen LogP contribution in [0.1, 0.15) is 53.6 Å². The maximum Gasteiger partial charge on any atom is 0.113 e. The zero-order valence-corrected chi connectivity index (χ0v) is 15.6. The second-order valence-electron chi connectivity index (χ2n) is 8.21. The van der Waals surface area contributed by atoms with Crippen molar-refractivity contribution in [2.45, 2.75) is 44.6 Å². The van der Waals surface area contributed by atoms with Crippen molar-refractivity contribution in [2.75, 3.05) is 6.54 Å². The van der Waals surface area contributed by atoms with Crippen LogP contribution >= 0.6 is 0 Å². The first-order chi connectivity index (χ1) is 13.2. The number of nitrogens with zero attached hydrogens (tertiary/aromatic N) is 2. The van der Waals surface area contributed by atoms with Gasteiger partial charge in [0.25, 0.3) is 0 Å². The van der Waals surface area contributed by atoms with Crippen LogP contribution in [0.4, 0.5) is 0 Å². The van der Waals surface area contributed by atoms with Crippen LogP contribution in [0.25, 0.3) is 11.0 Å². The molecule has 3 atom stereocenters. The van der Waals surface area contributed by atoms with Gasteiger partial charge in [0.05, 0.1) is 22.4 Å². The lowest BCUT2D eigenvalue weighted by Gasteiger charge is -2.23. The van der Waals surface area contributed by atoms with Crippen LogP contribution < -0.4 is 11.5 Å². The van der Waals surface area contributed by atoms with Crippen molar-refractivity contribution < 1.29 is 0 Å². The molecule has 5 N–H and O–H groups in total. The molecule has 1 aromatic carbocycles. The summed E-state index contributed by atoms with van der Waals surface area (Å²) in [5.41, 5.74) is 19.3. The topological polar surface area (TPSA) is 93.6 Å². The Labute approximate surface area is 159 Å². The molecular weight excluding hydrogens is 334 g/mol. The Kier molecular flexibility index (Phi) is 4.21. The van der Waals surface area contributed by atoms with Gasteiger partial charge in [0.15, 0.2) is 0 Å². The molecule has 140 valence electrons. The number of rotatable bonds is 5. The van der Waals surface area contributed by atoms with Crippen LogP contribution in [0.15, 0.2) is 30.3 Å². The van der Waals surface area contributed by atoms with Crippen molar-refractivity contribution in [3.8, 4) is 0 Å². The third-order valence-corrected chi connectivity index (χ3v) is 6.24. The van der Waals surface area contributed by atoms with Crippen molar-refractivity contribution in [3.05, 3.63) is 58.7 Å². The number of pyridine rings is 1. The summed E-state index contributed by atoms with van der Waals surface area (Å²) in [7, 11) is 0. The standard InChI is InChI=1S/C22H27N5/c23-12-16-10-14(16)9-15-8-13-4-3-5-17(24)22(13)27-20(15)11-21-25-18-6-1-2-7-19(18)26-21/h1-2,6-8,14,16-17H,3-5,9-12,23-24H2,(H,25,26)/t14-,16-,17+/m1/s1. The van der Waals surface area contributed by atoms with E-state index in [0.29, 0.717) is 11.8 Å². The van der Waals surface area contributed by atoms with Gasteiger partial charge in [0.2, 0.25) is 0 Å². The minimum atomic E-state index is 0.0648. The molecule has 5 nitrogen and oxygen atoms in total. The lowest BCUT2D eigenvalue weighted by Crippen LogP contribution is -2.21. The van der Waals surface area contributed by atoms with E-state index in [4.69, 9.17) is 21.4 Å². The van der Waals surface area contributed by atoms with E-state index in [1.165, 1.54) is 17.5 Å². The number of hydrogen-bond acceptors (Lipinski definition) is 4. The first kappa shape index (κ1) is 16.9. The number of benzene rings is 1. The second-order valence-corrected chi connectivity index (χ2v) is 8.21. The van der Waals surface area contributed by atoms with Gasteiger partial charge in [-0.25, -0.2) is 4.98 Å². The fourth-order valence-electron chi connectivity index (χ4n) is 4.54. The molecule has 0 radical (unpaired) electrons. The monoisotopic (exact) mass is 361 g/mol. The van der Waals surface area contributed by atoms with E-state index >= 15 is 0 Å². The molecule has 2 aromatic heterocycles. The normalized spacial score (nSPS) is 24.1. The van der Waals surface area contributed by atoms with Crippen molar-refractivity contribution in [1.29, 1.82) is 0 Å². The summed E-state index contributed by atoms with van der Waals surface area (Å²) in [6, 6.07) is 10.6. The van der Waals surface area contributed by atoms with Gasteiger partial charge in [-0.3, -0.25) is 4.98 Å². The number of H-pyrrole nitrogens is 1. The van der Waals surface area contributed by atoms with E-state index in [-0.39, 0.29) is 6.04 Å². The molecular formula is C22H27N5. The van der Waals surface area contributed by atoms with Crippen LogP contribution in [-0.2, 0) is 19.3 Å². The Bertz CT molecular complexity index is 943. The average molecular weight is 361 g/mol. The molecule has 0 amide bonds. The van der Waals surface area contributed by atoms with Crippen LogP contribution in [-0.4, -0.2) is 21.5 Å². The molecule has 0 unspecified atom stereocenters. The number of imidazole rings is 1. The largest absolute Gasteiger partial charge is 0.342 e. The molecule has 27 heavy (non-hydrogen) atoms.